The average molecular weight is 252 g/mol. The number of hydrogen-bond donors (Lipinski definition) is 1. The number of anilines is 1. The van der Waals surface area contributed by atoms with Crippen LogP contribution in [0, 0.1) is 11.8 Å². The van der Waals surface area contributed by atoms with Crippen molar-refractivity contribution in [3.63, 3.8) is 0 Å². The molecule has 3 unspecified atom stereocenters. The lowest BCUT2D eigenvalue weighted by Gasteiger charge is -2.38. The lowest BCUT2D eigenvalue weighted by molar-refractivity contribution is 0.103. The van der Waals surface area contributed by atoms with Crippen molar-refractivity contribution < 1.29 is 0 Å². The van der Waals surface area contributed by atoms with Crippen LogP contribution >= 0.6 is 11.3 Å². The number of nitrogen functional groups attached to an aromatic ring is 1. The zero-order valence-corrected chi connectivity index (χ0v) is 12.0. The summed E-state index contributed by atoms with van der Waals surface area (Å²) in [4.78, 5) is 4.07. The van der Waals surface area contributed by atoms with Crippen molar-refractivity contribution in [2.45, 2.75) is 39.7 Å². The van der Waals surface area contributed by atoms with Gasteiger partial charge in [0.1, 0.15) is 0 Å². The Morgan fingerprint density at radius 1 is 1.35 bits per heavy atom. The van der Waals surface area contributed by atoms with E-state index in [0.29, 0.717) is 6.04 Å². The van der Waals surface area contributed by atoms with Gasteiger partial charge in [0.05, 0.1) is 5.00 Å². The fourth-order valence-corrected chi connectivity index (χ4v) is 3.89. The van der Waals surface area contributed by atoms with Gasteiger partial charge in [-0.05, 0) is 43.7 Å². The van der Waals surface area contributed by atoms with Crippen molar-refractivity contribution in [2.24, 2.45) is 11.8 Å². The molecule has 2 heterocycles. The number of likely N-dealkylation sites (tertiary alicyclic amines) is 1. The summed E-state index contributed by atoms with van der Waals surface area (Å²) in [6, 6.07) is 4.83. The lowest BCUT2D eigenvalue weighted by atomic mass is 9.90. The van der Waals surface area contributed by atoms with Crippen LogP contribution in [-0.4, -0.2) is 24.0 Å². The van der Waals surface area contributed by atoms with Crippen molar-refractivity contribution in [2.75, 3.05) is 18.8 Å². The molecule has 1 aliphatic rings. The third-order valence-corrected chi connectivity index (χ3v) is 4.64. The molecule has 3 atom stereocenters. The third-order valence-electron chi connectivity index (χ3n) is 3.70. The van der Waals surface area contributed by atoms with E-state index in [2.05, 4.69) is 31.7 Å². The van der Waals surface area contributed by atoms with E-state index in [-0.39, 0.29) is 0 Å². The maximum atomic E-state index is 5.78. The molecule has 1 aromatic rings. The second kappa shape index (κ2) is 5.40. The molecule has 3 heteroatoms. The molecule has 0 saturated carbocycles. The van der Waals surface area contributed by atoms with E-state index in [0.717, 1.165) is 23.3 Å². The van der Waals surface area contributed by atoms with Gasteiger partial charge in [0.2, 0.25) is 0 Å². The number of nitrogens with zero attached hydrogens (tertiary/aromatic N) is 1. The zero-order chi connectivity index (χ0) is 12.4. The molecule has 96 valence electrons. The van der Waals surface area contributed by atoms with Gasteiger partial charge in [0.15, 0.2) is 0 Å². The van der Waals surface area contributed by atoms with Crippen LogP contribution < -0.4 is 5.73 Å². The molecule has 0 aromatic carbocycles. The summed E-state index contributed by atoms with van der Waals surface area (Å²) in [6.07, 6.45) is 2.52. The van der Waals surface area contributed by atoms with E-state index in [9.17, 15) is 0 Å². The first-order chi connectivity index (χ1) is 8.04. The van der Waals surface area contributed by atoms with Crippen LogP contribution in [0.1, 0.15) is 32.1 Å². The van der Waals surface area contributed by atoms with Crippen LogP contribution in [0.3, 0.4) is 0 Å². The zero-order valence-electron chi connectivity index (χ0n) is 11.1. The highest BCUT2D eigenvalue weighted by Crippen LogP contribution is 2.26. The average Bonchev–Trinajstić information content (AvgIpc) is 2.62. The molecule has 0 amide bonds. The van der Waals surface area contributed by atoms with Crippen LogP contribution in [0.2, 0.25) is 0 Å². The maximum Gasteiger partial charge on any atom is 0.0859 e. The van der Waals surface area contributed by atoms with E-state index in [4.69, 9.17) is 5.73 Å². The van der Waals surface area contributed by atoms with Crippen molar-refractivity contribution in [1.29, 1.82) is 0 Å². The Balaban J connectivity index is 1.93. The van der Waals surface area contributed by atoms with Gasteiger partial charge in [-0.15, -0.1) is 11.3 Å². The number of thiophene rings is 1. The Labute approximate surface area is 109 Å². The normalized spacial score (nSPS) is 28.2. The van der Waals surface area contributed by atoms with E-state index in [1.54, 1.807) is 11.3 Å². The predicted molar refractivity (Wildman–Crippen MR) is 76.4 cm³/mol. The quantitative estimate of drug-likeness (QED) is 0.895. The van der Waals surface area contributed by atoms with Crippen molar-refractivity contribution >= 4 is 16.3 Å². The van der Waals surface area contributed by atoms with E-state index in [1.807, 2.05) is 6.07 Å². The Hall–Kier alpha value is -0.540. The summed E-state index contributed by atoms with van der Waals surface area (Å²) < 4.78 is 0. The molecule has 2 nitrogen and oxygen atoms in total. The number of piperidine rings is 1. The smallest absolute Gasteiger partial charge is 0.0859 e. The third kappa shape index (κ3) is 3.46. The highest BCUT2D eigenvalue weighted by atomic mass is 32.1. The highest BCUT2D eigenvalue weighted by molar-refractivity contribution is 7.15. The fourth-order valence-electron chi connectivity index (χ4n) is 3.00. The van der Waals surface area contributed by atoms with Gasteiger partial charge < -0.3 is 5.73 Å². The molecular weight excluding hydrogens is 228 g/mol. The van der Waals surface area contributed by atoms with Crippen LogP contribution in [0.15, 0.2) is 12.1 Å². The Morgan fingerprint density at radius 2 is 2.00 bits per heavy atom. The summed E-state index contributed by atoms with van der Waals surface area (Å²) in [7, 11) is 0. The van der Waals surface area contributed by atoms with Crippen molar-refractivity contribution in [1.82, 2.24) is 4.90 Å². The van der Waals surface area contributed by atoms with E-state index >= 15 is 0 Å². The second-order valence-corrected chi connectivity index (χ2v) is 6.96. The summed E-state index contributed by atoms with van der Waals surface area (Å²) in [5, 5.41) is 0.938. The van der Waals surface area contributed by atoms with Gasteiger partial charge in [0.25, 0.3) is 0 Å². The Kier molecular flexibility index (Phi) is 4.10. The molecule has 0 spiro atoms. The van der Waals surface area contributed by atoms with E-state index < -0.39 is 0 Å². The minimum absolute atomic E-state index is 0.637. The van der Waals surface area contributed by atoms with Gasteiger partial charge in [-0.3, -0.25) is 4.90 Å². The van der Waals surface area contributed by atoms with Gasteiger partial charge in [0, 0.05) is 24.0 Å². The molecule has 2 N–H and O–H groups in total. The molecule has 0 radical (unpaired) electrons. The molecule has 1 saturated heterocycles. The van der Waals surface area contributed by atoms with Gasteiger partial charge >= 0.3 is 0 Å². The fraction of sp³-hybridized carbons (Fsp3) is 0.714. The number of rotatable bonds is 3. The molecule has 1 fully saturated rings. The van der Waals surface area contributed by atoms with E-state index in [1.165, 1.54) is 24.4 Å². The highest BCUT2D eigenvalue weighted by Gasteiger charge is 2.25. The standard InChI is InChI=1S/C14H24N2S/c1-10-6-11(2)9-16(8-10)12(3)7-13-4-5-14(15)17-13/h4-5,10-12H,6-9,15H2,1-3H3. The van der Waals surface area contributed by atoms with Gasteiger partial charge in [-0.25, -0.2) is 0 Å². The monoisotopic (exact) mass is 252 g/mol. The van der Waals surface area contributed by atoms with Crippen molar-refractivity contribution in [3.05, 3.63) is 17.0 Å². The predicted octanol–water partition coefficient (Wildman–Crippen LogP) is 3.24. The molecular formula is C14H24N2S. The maximum absolute atomic E-state index is 5.78. The number of hydrogen-bond acceptors (Lipinski definition) is 3. The van der Waals surface area contributed by atoms with Crippen LogP contribution in [0.5, 0.6) is 0 Å². The second-order valence-electron chi connectivity index (χ2n) is 5.76. The molecule has 2 rings (SSSR count). The molecule has 0 aliphatic carbocycles. The largest absolute Gasteiger partial charge is 0.391 e. The number of nitrogens with two attached hydrogens (primary N) is 1. The molecule has 1 aromatic heterocycles. The first-order valence-electron chi connectivity index (χ1n) is 6.63. The Morgan fingerprint density at radius 3 is 2.53 bits per heavy atom. The summed E-state index contributed by atoms with van der Waals surface area (Å²) >= 11 is 1.73. The molecule has 0 bridgehead atoms. The summed E-state index contributed by atoms with van der Waals surface area (Å²) in [5.74, 6) is 1.68. The van der Waals surface area contributed by atoms with Crippen LogP contribution in [0.25, 0.3) is 0 Å². The van der Waals surface area contributed by atoms with Crippen molar-refractivity contribution in [3.8, 4) is 0 Å². The molecule has 1 aliphatic heterocycles. The SMILES string of the molecule is CC1CC(C)CN(C(C)Cc2ccc(N)s2)C1. The van der Waals surface area contributed by atoms with Crippen LogP contribution in [-0.2, 0) is 6.42 Å². The first-order valence-corrected chi connectivity index (χ1v) is 7.44. The summed E-state index contributed by atoms with van der Waals surface area (Å²) in [5.41, 5.74) is 5.78. The van der Waals surface area contributed by atoms with Gasteiger partial charge in [-0.2, -0.15) is 0 Å². The minimum Gasteiger partial charge on any atom is -0.391 e. The van der Waals surface area contributed by atoms with Crippen LogP contribution in [0.4, 0.5) is 5.00 Å². The minimum atomic E-state index is 0.637. The lowest BCUT2D eigenvalue weighted by Crippen LogP contribution is -2.44. The van der Waals surface area contributed by atoms with Gasteiger partial charge in [-0.1, -0.05) is 13.8 Å². The summed E-state index contributed by atoms with van der Waals surface area (Å²) in [6.45, 7) is 9.61. The Bertz CT molecular complexity index is 351. The molecule has 17 heavy (non-hydrogen) atoms. The first kappa shape index (κ1) is 12.9. The topological polar surface area (TPSA) is 29.3 Å².